The number of nitrogens with zero attached hydrogens (tertiary/aromatic N) is 4. The number of rotatable bonds is 6. The molecule has 23 heavy (non-hydrogen) atoms. The van der Waals surface area contributed by atoms with Crippen molar-refractivity contribution < 1.29 is 4.79 Å². The summed E-state index contributed by atoms with van der Waals surface area (Å²) in [5.41, 5.74) is 0.805. The predicted octanol–water partition coefficient (Wildman–Crippen LogP) is 2.40. The number of carbonyl (C=O) groups is 1. The van der Waals surface area contributed by atoms with Crippen molar-refractivity contribution in [3.8, 4) is 10.8 Å². The molecule has 0 aliphatic carbocycles. The SMILES string of the molecule is O=C(CSc1ccncc1)NCc1csc(-c2ncccn2)n1. The number of aromatic nitrogens is 4. The molecule has 1 amide bonds. The van der Waals surface area contributed by atoms with E-state index < -0.39 is 0 Å². The first-order chi connectivity index (χ1) is 11.3. The maximum atomic E-state index is 11.9. The van der Waals surface area contributed by atoms with Gasteiger partial charge in [-0.2, -0.15) is 0 Å². The average molecular weight is 343 g/mol. The number of amides is 1. The maximum Gasteiger partial charge on any atom is 0.230 e. The number of thioether (sulfide) groups is 1. The third-order valence-electron chi connectivity index (χ3n) is 2.80. The van der Waals surface area contributed by atoms with Crippen LogP contribution < -0.4 is 5.32 Å². The molecule has 3 heterocycles. The van der Waals surface area contributed by atoms with Crippen LogP contribution in [0.2, 0.25) is 0 Å². The third-order valence-corrected chi connectivity index (χ3v) is 4.69. The van der Waals surface area contributed by atoms with Crippen molar-refractivity contribution >= 4 is 29.0 Å². The fraction of sp³-hybridized carbons (Fsp3) is 0.133. The molecule has 0 fully saturated rings. The smallest absolute Gasteiger partial charge is 0.230 e. The Hall–Kier alpha value is -2.32. The number of nitrogens with one attached hydrogen (secondary N) is 1. The summed E-state index contributed by atoms with van der Waals surface area (Å²) >= 11 is 2.94. The van der Waals surface area contributed by atoms with E-state index in [2.05, 4.69) is 25.3 Å². The summed E-state index contributed by atoms with van der Waals surface area (Å²) in [6.45, 7) is 0.402. The lowest BCUT2D eigenvalue weighted by Crippen LogP contribution is -2.24. The Bertz CT molecular complexity index is 764. The fourth-order valence-electron chi connectivity index (χ4n) is 1.72. The highest BCUT2D eigenvalue weighted by atomic mass is 32.2. The Morgan fingerprint density at radius 2 is 1.96 bits per heavy atom. The number of hydrogen-bond donors (Lipinski definition) is 1. The van der Waals surface area contributed by atoms with E-state index >= 15 is 0 Å². The van der Waals surface area contributed by atoms with Gasteiger partial charge in [-0.1, -0.05) is 0 Å². The topological polar surface area (TPSA) is 80.7 Å². The minimum Gasteiger partial charge on any atom is -0.350 e. The molecule has 0 atom stereocenters. The van der Waals surface area contributed by atoms with E-state index in [0.717, 1.165) is 15.6 Å². The zero-order valence-electron chi connectivity index (χ0n) is 12.0. The summed E-state index contributed by atoms with van der Waals surface area (Å²) in [4.78, 5) is 29.6. The molecule has 1 N–H and O–H groups in total. The molecular weight excluding hydrogens is 330 g/mol. The Kier molecular flexibility index (Phi) is 5.28. The molecule has 3 aromatic rings. The van der Waals surface area contributed by atoms with Crippen molar-refractivity contribution in [3.05, 3.63) is 54.1 Å². The van der Waals surface area contributed by atoms with Crippen LogP contribution in [0.1, 0.15) is 5.69 Å². The molecule has 116 valence electrons. The normalized spacial score (nSPS) is 10.4. The lowest BCUT2D eigenvalue weighted by atomic mass is 10.4. The molecule has 3 rings (SSSR count). The summed E-state index contributed by atoms with van der Waals surface area (Å²) in [7, 11) is 0. The highest BCUT2D eigenvalue weighted by Gasteiger charge is 2.08. The molecule has 8 heteroatoms. The molecule has 3 aromatic heterocycles. The van der Waals surface area contributed by atoms with Crippen LogP contribution in [0.5, 0.6) is 0 Å². The van der Waals surface area contributed by atoms with Gasteiger partial charge < -0.3 is 5.32 Å². The molecule has 0 aromatic carbocycles. The first-order valence-corrected chi connectivity index (χ1v) is 8.69. The van der Waals surface area contributed by atoms with Gasteiger partial charge in [0.25, 0.3) is 0 Å². The first-order valence-electron chi connectivity index (χ1n) is 6.82. The summed E-state index contributed by atoms with van der Waals surface area (Å²) in [5, 5.41) is 5.52. The fourth-order valence-corrected chi connectivity index (χ4v) is 3.20. The Morgan fingerprint density at radius 3 is 2.74 bits per heavy atom. The Labute approximate surface area is 141 Å². The largest absolute Gasteiger partial charge is 0.350 e. The zero-order valence-corrected chi connectivity index (χ0v) is 13.7. The van der Waals surface area contributed by atoms with Crippen LogP contribution in [-0.2, 0) is 11.3 Å². The second-order valence-corrected chi connectivity index (χ2v) is 6.37. The zero-order chi connectivity index (χ0) is 15.9. The predicted molar refractivity (Wildman–Crippen MR) is 89.9 cm³/mol. The number of carbonyl (C=O) groups excluding carboxylic acids is 1. The van der Waals surface area contributed by atoms with Crippen molar-refractivity contribution in [2.45, 2.75) is 11.4 Å². The molecule has 0 aliphatic rings. The van der Waals surface area contributed by atoms with Gasteiger partial charge in [0.2, 0.25) is 5.91 Å². The van der Waals surface area contributed by atoms with Gasteiger partial charge in [-0.25, -0.2) is 15.0 Å². The highest BCUT2D eigenvalue weighted by Crippen LogP contribution is 2.19. The summed E-state index contributed by atoms with van der Waals surface area (Å²) in [6, 6.07) is 5.52. The van der Waals surface area contributed by atoms with E-state index in [9.17, 15) is 4.79 Å². The Balaban J connectivity index is 1.49. The van der Waals surface area contributed by atoms with Crippen LogP contribution in [0.3, 0.4) is 0 Å². The summed E-state index contributed by atoms with van der Waals surface area (Å²) < 4.78 is 0. The van der Waals surface area contributed by atoms with Gasteiger partial charge in [-0.3, -0.25) is 9.78 Å². The molecule has 0 spiro atoms. The van der Waals surface area contributed by atoms with Crippen molar-refractivity contribution in [1.82, 2.24) is 25.3 Å². The third kappa shape index (κ3) is 4.57. The van der Waals surface area contributed by atoms with Crippen LogP contribution in [0.4, 0.5) is 0 Å². The minimum absolute atomic E-state index is 0.0303. The van der Waals surface area contributed by atoms with Crippen LogP contribution in [-0.4, -0.2) is 31.6 Å². The molecular formula is C15H13N5OS2. The van der Waals surface area contributed by atoms with Crippen LogP contribution in [0.25, 0.3) is 10.8 Å². The van der Waals surface area contributed by atoms with E-state index in [1.807, 2.05) is 17.5 Å². The van der Waals surface area contributed by atoms with Crippen LogP contribution in [0, 0.1) is 0 Å². The van der Waals surface area contributed by atoms with Gasteiger partial charge in [-0.05, 0) is 18.2 Å². The van der Waals surface area contributed by atoms with Gasteiger partial charge in [0, 0.05) is 35.1 Å². The summed E-state index contributed by atoms with van der Waals surface area (Å²) in [6.07, 6.45) is 6.79. The Morgan fingerprint density at radius 1 is 1.17 bits per heavy atom. The molecule has 0 aliphatic heterocycles. The van der Waals surface area contributed by atoms with E-state index in [4.69, 9.17) is 0 Å². The van der Waals surface area contributed by atoms with Gasteiger partial charge in [0.15, 0.2) is 10.8 Å². The molecule has 0 radical (unpaired) electrons. The van der Waals surface area contributed by atoms with Crippen LogP contribution in [0.15, 0.2) is 53.3 Å². The van der Waals surface area contributed by atoms with E-state index in [-0.39, 0.29) is 5.91 Å². The second-order valence-electron chi connectivity index (χ2n) is 4.46. The lowest BCUT2D eigenvalue weighted by Gasteiger charge is -2.03. The summed E-state index contributed by atoms with van der Waals surface area (Å²) in [5.74, 6) is 0.934. The number of pyridine rings is 1. The minimum atomic E-state index is -0.0303. The quantitative estimate of drug-likeness (QED) is 0.692. The van der Waals surface area contributed by atoms with E-state index in [1.165, 1.54) is 23.1 Å². The standard InChI is InChI=1S/C15H13N5OS2/c21-13(10-22-12-2-6-16-7-3-12)19-8-11-9-23-15(20-11)14-17-4-1-5-18-14/h1-7,9H,8,10H2,(H,19,21). The molecule has 0 saturated heterocycles. The first kappa shape index (κ1) is 15.6. The number of hydrogen-bond acceptors (Lipinski definition) is 7. The second kappa shape index (κ2) is 7.80. The lowest BCUT2D eigenvalue weighted by molar-refractivity contribution is -0.118. The van der Waals surface area contributed by atoms with Crippen molar-refractivity contribution in [2.24, 2.45) is 0 Å². The van der Waals surface area contributed by atoms with Gasteiger partial charge in [-0.15, -0.1) is 23.1 Å². The average Bonchev–Trinajstić information content (AvgIpc) is 3.09. The molecule has 0 unspecified atom stereocenters. The van der Waals surface area contributed by atoms with Crippen molar-refractivity contribution in [3.63, 3.8) is 0 Å². The van der Waals surface area contributed by atoms with E-state index in [1.54, 1.807) is 30.9 Å². The monoisotopic (exact) mass is 343 g/mol. The number of thiazole rings is 1. The maximum absolute atomic E-state index is 11.9. The highest BCUT2D eigenvalue weighted by molar-refractivity contribution is 8.00. The van der Waals surface area contributed by atoms with Gasteiger partial charge in [0.1, 0.15) is 0 Å². The van der Waals surface area contributed by atoms with Crippen molar-refractivity contribution in [2.75, 3.05) is 5.75 Å². The van der Waals surface area contributed by atoms with E-state index in [0.29, 0.717) is 18.1 Å². The molecule has 0 saturated carbocycles. The molecule has 0 bridgehead atoms. The van der Waals surface area contributed by atoms with Gasteiger partial charge >= 0.3 is 0 Å². The van der Waals surface area contributed by atoms with Crippen molar-refractivity contribution in [1.29, 1.82) is 0 Å². The van der Waals surface area contributed by atoms with Crippen LogP contribution >= 0.6 is 23.1 Å². The van der Waals surface area contributed by atoms with Gasteiger partial charge in [0.05, 0.1) is 18.0 Å². The molecule has 6 nitrogen and oxygen atoms in total.